The Balaban J connectivity index is 0. The van der Waals surface area contributed by atoms with Crippen molar-refractivity contribution in [1.82, 2.24) is 0 Å². The Labute approximate surface area is 55.5 Å². The third-order valence-electron chi connectivity index (χ3n) is 1.39. The van der Waals surface area contributed by atoms with Crippen molar-refractivity contribution in [3.8, 4) is 0 Å². The normalized spacial score (nSPS) is 9.00. The molecule has 0 fully saturated rings. The van der Waals surface area contributed by atoms with Gasteiger partial charge in [-0.25, -0.2) is 0 Å². The van der Waals surface area contributed by atoms with E-state index in [0.29, 0.717) is 0 Å². The summed E-state index contributed by atoms with van der Waals surface area (Å²) in [5, 5.41) is 0. The van der Waals surface area contributed by atoms with Crippen LogP contribution in [0.3, 0.4) is 0 Å². The van der Waals surface area contributed by atoms with E-state index in [2.05, 4.69) is 13.8 Å². The molecule has 0 heterocycles. The fourth-order valence-electron chi connectivity index (χ4n) is 0.289. The molecule has 0 aliphatic carbocycles. The molecule has 0 aliphatic rings. The summed E-state index contributed by atoms with van der Waals surface area (Å²) >= 11 is 0. The van der Waals surface area contributed by atoms with E-state index in [1.807, 2.05) is 0 Å². The number of rotatable bonds is 2. The highest BCUT2D eigenvalue weighted by Crippen LogP contribution is 2.06. The van der Waals surface area contributed by atoms with Gasteiger partial charge >= 0.3 is 0 Å². The largest absolute Gasteiger partial charge is 0.147 e. The van der Waals surface area contributed by atoms with Crippen molar-refractivity contribution in [2.75, 3.05) is 0 Å². The molecular weight excluding hydrogens is 124 g/mol. The summed E-state index contributed by atoms with van der Waals surface area (Å²) in [5.74, 6) is 0. The zero-order valence-corrected chi connectivity index (χ0v) is 8.22. The van der Waals surface area contributed by atoms with Gasteiger partial charge in [-0.05, 0) is 0 Å². The van der Waals surface area contributed by atoms with Gasteiger partial charge in [-0.1, -0.05) is 32.2 Å². The molecule has 0 rings (SSSR count). The van der Waals surface area contributed by atoms with Crippen LogP contribution in [-0.4, -0.2) is 10.2 Å². The molecule has 0 aliphatic heterocycles. The van der Waals surface area contributed by atoms with E-state index in [1.165, 1.54) is 23.1 Å². The fraction of sp³-hybridized carbons (Fsp3) is 1.00. The van der Waals surface area contributed by atoms with E-state index in [9.17, 15) is 0 Å². The Morgan fingerprint density at radius 2 is 1.57 bits per heavy atom. The Morgan fingerprint density at radius 3 is 1.57 bits per heavy atom. The van der Waals surface area contributed by atoms with E-state index in [0.717, 1.165) is 5.54 Å². The van der Waals surface area contributed by atoms with Crippen LogP contribution < -0.4 is 0 Å². The molecule has 0 bridgehead atoms. The first-order valence-corrected chi connectivity index (χ1v) is 3.96. The maximum atomic E-state index is 2.27. The van der Waals surface area contributed by atoms with Crippen LogP contribution in [-0.2, 0) is 0 Å². The van der Waals surface area contributed by atoms with Crippen LogP contribution in [0.4, 0.5) is 0 Å². The van der Waals surface area contributed by atoms with E-state index in [4.69, 9.17) is 0 Å². The molecule has 0 aromatic rings. The molecule has 0 N–H and O–H groups in total. The predicted molar refractivity (Wildman–Crippen MR) is 41.5 cm³/mol. The second-order valence-corrected chi connectivity index (χ2v) is 3.55. The monoisotopic (exact) mass is 138 g/mol. The lowest BCUT2D eigenvalue weighted by atomic mass is 10.3. The SMILES string of the molecule is CCC([SiH3])CC.Cl. The first-order chi connectivity index (χ1) is 2.81. The van der Waals surface area contributed by atoms with E-state index < -0.39 is 0 Å². The zero-order valence-electron chi connectivity index (χ0n) is 5.40. The van der Waals surface area contributed by atoms with Gasteiger partial charge in [0.15, 0.2) is 0 Å². The lowest BCUT2D eigenvalue weighted by molar-refractivity contribution is 0.768. The average molecular weight is 139 g/mol. The second kappa shape index (κ2) is 6.51. The summed E-state index contributed by atoms with van der Waals surface area (Å²) in [6.45, 7) is 4.53. The summed E-state index contributed by atoms with van der Waals surface area (Å²) in [4.78, 5) is 0. The Bertz CT molecular complexity index is 27.3. The Hall–Kier alpha value is 0.507. The lowest BCUT2D eigenvalue weighted by Gasteiger charge is -1.98. The molecule has 7 heavy (non-hydrogen) atoms. The molecule has 0 spiro atoms. The maximum absolute atomic E-state index is 2.27. The van der Waals surface area contributed by atoms with Gasteiger partial charge in [0.05, 0.1) is 0 Å². The highest BCUT2D eigenvalue weighted by atomic mass is 35.5. The lowest BCUT2D eigenvalue weighted by Crippen LogP contribution is -1.83. The van der Waals surface area contributed by atoms with Crippen molar-refractivity contribution >= 4 is 22.6 Å². The van der Waals surface area contributed by atoms with Gasteiger partial charge < -0.3 is 0 Å². The molecule has 0 amide bonds. The molecule has 0 radical (unpaired) electrons. The molecule has 0 unspecified atom stereocenters. The van der Waals surface area contributed by atoms with Gasteiger partial charge in [-0.15, -0.1) is 12.4 Å². The molecule has 0 saturated heterocycles. The highest BCUT2D eigenvalue weighted by molar-refractivity contribution is 6.11. The summed E-state index contributed by atoms with van der Waals surface area (Å²) in [6, 6.07) is 0. The van der Waals surface area contributed by atoms with Crippen molar-refractivity contribution in [2.24, 2.45) is 0 Å². The average Bonchev–Trinajstić information content (AvgIpc) is 1.65. The summed E-state index contributed by atoms with van der Waals surface area (Å²) < 4.78 is 0. The van der Waals surface area contributed by atoms with Crippen molar-refractivity contribution in [3.05, 3.63) is 0 Å². The zero-order chi connectivity index (χ0) is 4.99. The quantitative estimate of drug-likeness (QED) is 0.506. The first kappa shape index (κ1) is 10.5. The molecule has 2 heteroatoms. The van der Waals surface area contributed by atoms with Crippen LogP contribution in [0.5, 0.6) is 0 Å². The first-order valence-electron chi connectivity index (χ1n) is 2.81. The van der Waals surface area contributed by atoms with E-state index in [-0.39, 0.29) is 12.4 Å². The van der Waals surface area contributed by atoms with Crippen LogP contribution >= 0.6 is 12.4 Å². The molecular formula is C5H15ClSi. The van der Waals surface area contributed by atoms with Crippen molar-refractivity contribution < 1.29 is 0 Å². The maximum Gasteiger partial charge on any atom is 0.00670 e. The highest BCUT2D eigenvalue weighted by Gasteiger charge is 1.88. The number of hydrogen-bond acceptors (Lipinski definition) is 0. The minimum absolute atomic E-state index is 0. The van der Waals surface area contributed by atoms with Crippen molar-refractivity contribution in [3.63, 3.8) is 0 Å². The summed E-state index contributed by atoms with van der Waals surface area (Å²) in [5.41, 5.74) is 1.07. The molecule has 0 atom stereocenters. The minimum Gasteiger partial charge on any atom is -0.147 e. The van der Waals surface area contributed by atoms with Crippen LogP contribution in [0.15, 0.2) is 0 Å². The van der Waals surface area contributed by atoms with Crippen molar-refractivity contribution in [1.29, 1.82) is 0 Å². The van der Waals surface area contributed by atoms with Crippen LogP contribution in [0, 0.1) is 0 Å². The second-order valence-electron chi connectivity index (χ2n) is 1.92. The summed E-state index contributed by atoms with van der Waals surface area (Å²) in [6.07, 6.45) is 2.78. The van der Waals surface area contributed by atoms with Gasteiger partial charge in [0, 0.05) is 10.2 Å². The Kier molecular flexibility index (Phi) is 9.74. The van der Waals surface area contributed by atoms with Gasteiger partial charge in [0.25, 0.3) is 0 Å². The topological polar surface area (TPSA) is 0 Å². The third-order valence-corrected chi connectivity index (χ3v) is 3.03. The Morgan fingerprint density at radius 1 is 1.29 bits per heavy atom. The van der Waals surface area contributed by atoms with Gasteiger partial charge in [0.1, 0.15) is 0 Å². The predicted octanol–water partition coefficient (Wildman–Crippen LogP) is 1.38. The van der Waals surface area contributed by atoms with Gasteiger partial charge in [-0.3, -0.25) is 0 Å². The molecule has 0 aromatic heterocycles. The smallest absolute Gasteiger partial charge is 0.00670 e. The third kappa shape index (κ3) is 6.51. The van der Waals surface area contributed by atoms with Gasteiger partial charge in [0.2, 0.25) is 0 Å². The van der Waals surface area contributed by atoms with Gasteiger partial charge in [-0.2, -0.15) is 0 Å². The summed E-state index contributed by atoms with van der Waals surface area (Å²) in [7, 11) is 1.39. The van der Waals surface area contributed by atoms with Crippen LogP contribution in [0.1, 0.15) is 26.7 Å². The molecule has 0 saturated carbocycles. The molecule has 0 nitrogen and oxygen atoms in total. The standard InChI is InChI=1S/C5H14Si.ClH/c1-3-5(6)4-2;/h5H,3-4H2,1-2,6H3;1H. The number of halogens is 1. The van der Waals surface area contributed by atoms with E-state index >= 15 is 0 Å². The molecule has 46 valence electrons. The number of hydrogen-bond donors (Lipinski definition) is 0. The van der Waals surface area contributed by atoms with Crippen molar-refractivity contribution in [2.45, 2.75) is 32.2 Å². The molecule has 0 aromatic carbocycles. The minimum atomic E-state index is 0. The van der Waals surface area contributed by atoms with Crippen LogP contribution in [0.2, 0.25) is 5.54 Å². The van der Waals surface area contributed by atoms with Crippen LogP contribution in [0.25, 0.3) is 0 Å². The van der Waals surface area contributed by atoms with E-state index in [1.54, 1.807) is 0 Å². The fourth-order valence-corrected chi connectivity index (χ4v) is 0.289.